The van der Waals surface area contributed by atoms with E-state index in [1.54, 1.807) is 16.8 Å². The molecule has 6 nitrogen and oxygen atoms in total. The summed E-state index contributed by atoms with van der Waals surface area (Å²) in [5.41, 5.74) is 2.89. The van der Waals surface area contributed by atoms with Gasteiger partial charge in [-0.05, 0) is 42.8 Å². The molecule has 0 fully saturated rings. The van der Waals surface area contributed by atoms with Gasteiger partial charge in [0.2, 0.25) is 5.91 Å². The van der Waals surface area contributed by atoms with Crippen molar-refractivity contribution in [3.63, 3.8) is 0 Å². The molecule has 1 N–H and O–H groups in total. The van der Waals surface area contributed by atoms with Gasteiger partial charge in [0.1, 0.15) is 15.3 Å². The van der Waals surface area contributed by atoms with Gasteiger partial charge < -0.3 is 5.32 Å². The number of amides is 1. The monoisotopic (exact) mass is 490 g/mol. The molecule has 0 saturated carbocycles. The van der Waals surface area contributed by atoms with Crippen LogP contribution >= 0.6 is 23.1 Å². The third-order valence-corrected chi connectivity index (χ3v) is 7.29. The van der Waals surface area contributed by atoms with E-state index in [0.717, 1.165) is 21.3 Å². The molecule has 5 rings (SSSR count). The maximum absolute atomic E-state index is 13.5. The fourth-order valence-electron chi connectivity index (χ4n) is 3.56. The van der Waals surface area contributed by atoms with Gasteiger partial charge in [-0.15, -0.1) is 11.3 Å². The number of aromatic nitrogens is 3. The van der Waals surface area contributed by atoms with E-state index in [0.29, 0.717) is 27.6 Å². The SMILES string of the molecule is Cc1ccc(Cn2c(SCC(=O)Nc3cccc(F)c3)nc3c(sc4ncccc43)c2=O)cc1. The molecule has 170 valence electrons. The molecule has 0 unspecified atom stereocenters. The number of nitrogens with zero attached hydrogens (tertiary/aromatic N) is 3. The number of aryl methyl sites for hydroxylation is 1. The summed E-state index contributed by atoms with van der Waals surface area (Å²) in [6.07, 6.45) is 1.69. The molecule has 0 spiro atoms. The van der Waals surface area contributed by atoms with E-state index >= 15 is 0 Å². The van der Waals surface area contributed by atoms with Crippen molar-refractivity contribution in [2.75, 3.05) is 11.1 Å². The second kappa shape index (κ2) is 9.36. The Morgan fingerprint density at radius 2 is 1.97 bits per heavy atom. The molecule has 3 aromatic heterocycles. The predicted molar refractivity (Wildman–Crippen MR) is 135 cm³/mol. The molecular weight excluding hydrogens is 471 g/mol. The van der Waals surface area contributed by atoms with Gasteiger partial charge >= 0.3 is 0 Å². The van der Waals surface area contributed by atoms with E-state index in [9.17, 15) is 14.0 Å². The molecule has 1 amide bonds. The number of thiophene rings is 1. The molecule has 2 aromatic carbocycles. The number of halogens is 1. The molecule has 3 heterocycles. The van der Waals surface area contributed by atoms with Crippen molar-refractivity contribution in [2.24, 2.45) is 0 Å². The molecule has 0 aliphatic heterocycles. The lowest BCUT2D eigenvalue weighted by atomic mass is 10.1. The first-order valence-corrected chi connectivity index (χ1v) is 12.3. The van der Waals surface area contributed by atoms with Gasteiger partial charge in [-0.2, -0.15) is 0 Å². The van der Waals surface area contributed by atoms with Gasteiger partial charge in [-0.25, -0.2) is 14.4 Å². The highest BCUT2D eigenvalue weighted by molar-refractivity contribution is 7.99. The third-order valence-electron chi connectivity index (χ3n) is 5.22. The fourth-order valence-corrected chi connectivity index (χ4v) is 5.38. The first-order valence-electron chi connectivity index (χ1n) is 10.5. The van der Waals surface area contributed by atoms with Gasteiger partial charge in [-0.1, -0.05) is 47.7 Å². The van der Waals surface area contributed by atoms with Crippen LogP contribution in [0.1, 0.15) is 11.1 Å². The second-order valence-corrected chi connectivity index (χ2v) is 9.70. The molecule has 34 heavy (non-hydrogen) atoms. The average molecular weight is 491 g/mol. The van der Waals surface area contributed by atoms with Crippen LogP contribution < -0.4 is 10.9 Å². The van der Waals surface area contributed by atoms with Crippen LogP contribution in [0.5, 0.6) is 0 Å². The van der Waals surface area contributed by atoms with Crippen LogP contribution in [0.25, 0.3) is 20.4 Å². The molecule has 0 aliphatic carbocycles. The van der Waals surface area contributed by atoms with Crippen LogP contribution in [0.4, 0.5) is 10.1 Å². The topological polar surface area (TPSA) is 76.9 Å². The van der Waals surface area contributed by atoms with E-state index in [2.05, 4.69) is 10.3 Å². The zero-order valence-electron chi connectivity index (χ0n) is 18.1. The van der Waals surface area contributed by atoms with Crippen LogP contribution in [-0.4, -0.2) is 26.2 Å². The third kappa shape index (κ3) is 4.57. The number of fused-ring (bicyclic) bond motifs is 3. The van der Waals surface area contributed by atoms with Crippen molar-refractivity contribution in [3.8, 4) is 0 Å². The first kappa shape index (κ1) is 22.2. The van der Waals surface area contributed by atoms with Gasteiger partial charge in [0.05, 0.1) is 17.8 Å². The van der Waals surface area contributed by atoms with Crippen molar-refractivity contribution < 1.29 is 9.18 Å². The van der Waals surface area contributed by atoms with E-state index in [-0.39, 0.29) is 17.2 Å². The number of thioether (sulfide) groups is 1. The number of hydrogen-bond donors (Lipinski definition) is 1. The number of nitrogens with one attached hydrogen (secondary N) is 1. The maximum Gasteiger partial charge on any atom is 0.272 e. The summed E-state index contributed by atoms with van der Waals surface area (Å²) in [4.78, 5) is 36.0. The van der Waals surface area contributed by atoms with Gasteiger partial charge in [0.15, 0.2) is 5.16 Å². The molecule has 0 bridgehead atoms. The molecule has 0 saturated heterocycles. The lowest BCUT2D eigenvalue weighted by Gasteiger charge is -2.12. The van der Waals surface area contributed by atoms with Crippen molar-refractivity contribution >= 4 is 55.1 Å². The van der Waals surface area contributed by atoms with Crippen LogP contribution in [0.15, 0.2) is 76.8 Å². The van der Waals surface area contributed by atoms with E-state index in [4.69, 9.17) is 4.98 Å². The Morgan fingerprint density at radius 1 is 1.15 bits per heavy atom. The molecular formula is C25H19FN4O2S2. The minimum atomic E-state index is -0.428. The zero-order chi connectivity index (χ0) is 23.7. The van der Waals surface area contributed by atoms with E-state index < -0.39 is 5.82 Å². The Bertz CT molecular complexity index is 1580. The highest BCUT2D eigenvalue weighted by Crippen LogP contribution is 2.30. The minimum absolute atomic E-state index is 0.0165. The highest BCUT2D eigenvalue weighted by Gasteiger charge is 2.18. The summed E-state index contributed by atoms with van der Waals surface area (Å²) in [7, 11) is 0. The lowest BCUT2D eigenvalue weighted by Crippen LogP contribution is -2.24. The first-order chi connectivity index (χ1) is 16.5. The zero-order valence-corrected chi connectivity index (χ0v) is 19.8. The predicted octanol–water partition coefficient (Wildman–Crippen LogP) is 5.23. The highest BCUT2D eigenvalue weighted by atomic mass is 32.2. The largest absolute Gasteiger partial charge is 0.325 e. The molecule has 5 aromatic rings. The normalized spacial score (nSPS) is 11.2. The summed E-state index contributed by atoms with van der Waals surface area (Å²) in [5, 5.41) is 3.94. The summed E-state index contributed by atoms with van der Waals surface area (Å²) in [6.45, 7) is 2.34. The Morgan fingerprint density at radius 3 is 2.76 bits per heavy atom. The maximum atomic E-state index is 13.5. The number of rotatable bonds is 6. The molecule has 0 aliphatic rings. The Hall–Kier alpha value is -3.56. The quantitative estimate of drug-likeness (QED) is 0.260. The van der Waals surface area contributed by atoms with E-state index in [1.165, 1.54) is 41.3 Å². The van der Waals surface area contributed by atoms with E-state index in [1.807, 2.05) is 43.3 Å². The summed E-state index contributed by atoms with van der Waals surface area (Å²) < 4.78 is 15.6. The van der Waals surface area contributed by atoms with Crippen LogP contribution in [-0.2, 0) is 11.3 Å². The van der Waals surface area contributed by atoms with Crippen molar-refractivity contribution in [3.05, 3.63) is 94.2 Å². The second-order valence-electron chi connectivity index (χ2n) is 7.75. The lowest BCUT2D eigenvalue weighted by molar-refractivity contribution is -0.113. The molecule has 0 radical (unpaired) electrons. The standard InChI is InChI=1S/C25H19FN4O2S2/c1-15-7-9-16(10-8-15)13-30-24(32)22-21(19-6-3-11-27-23(19)34-22)29-25(30)33-14-20(31)28-18-5-2-4-17(26)12-18/h2-12H,13-14H2,1H3,(H,28,31). The number of anilines is 1. The van der Waals surface area contributed by atoms with Crippen LogP contribution in [0.3, 0.4) is 0 Å². The number of carbonyl (C=O) groups is 1. The number of carbonyl (C=O) groups excluding carboxylic acids is 1. The summed E-state index contributed by atoms with van der Waals surface area (Å²) in [6, 6.07) is 17.4. The number of hydrogen-bond acceptors (Lipinski definition) is 6. The number of benzene rings is 2. The summed E-state index contributed by atoms with van der Waals surface area (Å²) >= 11 is 2.49. The van der Waals surface area contributed by atoms with Gasteiger partial charge in [0.25, 0.3) is 5.56 Å². The number of pyridine rings is 1. The fraction of sp³-hybridized carbons (Fsp3) is 0.120. The van der Waals surface area contributed by atoms with Crippen LogP contribution in [0, 0.1) is 12.7 Å². The van der Waals surface area contributed by atoms with Crippen molar-refractivity contribution in [1.29, 1.82) is 0 Å². The Labute approximate surface area is 202 Å². The molecule has 0 atom stereocenters. The van der Waals surface area contributed by atoms with Gasteiger partial charge in [0, 0.05) is 17.3 Å². The van der Waals surface area contributed by atoms with Crippen molar-refractivity contribution in [2.45, 2.75) is 18.6 Å². The Kier molecular flexibility index (Phi) is 6.12. The smallest absolute Gasteiger partial charge is 0.272 e. The summed E-state index contributed by atoms with van der Waals surface area (Å²) in [5.74, 6) is -0.728. The average Bonchev–Trinajstić information content (AvgIpc) is 3.20. The Balaban J connectivity index is 1.51. The van der Waals surface area contributed by atoms with Crippen LogP contribution in [0.2, 0.25) is 0 Å². The van der Waals surface area contributed by atoms with Gasteiger partial charge in [-0.3, -0.25) is 14.2 Å². The minimum Gasteiger partial charge on any atom is -0.325 e. The molecule has 9 heteroatoms. The van der Waals surface area contributed by atoms with Crippen molar-refractivity contribution in [1.82, 2.24) is 14.5 Å².